The Morgan fingerprint density at radius 2 is 2.10 bits per heavy atom. The molecule has 2 amide bonds. The number of carbonyl (C=O) groups is 2. The standard InChI is InChI=1S/C15H21N3O2.ClH/c1-10-5-6-13(16)8-14(10)17-15(20)12-4-3-7-18(9-12)11(2)19;/h5-6,8,12H,3-4,7,9,16H2,1-2H3,(H,17,20);1H. The minimum Gasteiger partial charge on any atom is -0.399 e. The fourth-order valence-electron chi connectivity index (χ4n) is 2.49. The maximum absolute atomic E-state index is 12.3. The van der Waals surface area contributed by atoms with Gasteiger partial charge in [0.25, 0.3) is 0 Å². The van der Waals surface area contributed by atoms with Crippen LogP contribution in [0.5, 0.6) is 0 Å². The lowest BCUT2D eigenvalue weighted by Crippen LogP contribution is -2.42. The molecule has 0 saturated carbocycles. The molecule has 6 heteroatoms. The Morgan fingerprint density at radius 3 is 2.76 bits per heavy atom. The van der Waals surface area contributed by atoms with Gasteiger partial charge in [-0.25, -0.2) is 0 Å². The lowest BCUT2D eigenvalue weighted by molar-refractivity contribution is -0.132. The number of rotatable bonds is 2. The van der Waals surface area contributed by atoms with Crippen LogP contribution in [0.4, 0.5) is 11.4 Å². The Labute approximate surface area is 131 Å². The summed E-state index contributed by atoms with van der Waals surface area (Å²) in [5.41, 5.74) is 8.09. The van der Waals surface area contributed by atoms with Gasteiger partial charge in [0.05, 0.1) is 5.92 Å². The van der Waals surface area contributed by atoms with Gasteiger partial charge in [0, 0.05) is 31.4 Å². The first kappa shape index (κ1) is 17.3. The number of nitrogens with two attached hydrogens (primary N) is 1. The van der Waals surface area contributed by atoms with Crippen molar-refractivity contribution in [2.24, 2.45) is 5.92 Å². The van der Waals surface area contributed by atoms with Gasteiger partial charge in [0.1, 0.15) is 0 Å². The van der Waals surface area contributed by atoms with Crippen molar-refractivity contribution in [1.29, 1.82) is 0 Å². The summed E-state index contributed by atoms with van der Waals surface area (Å²) in [5.74, 6) is -0.152. The van der Waals surface area contributed by atoms with Crippen LogP contribution < -0.4 is 11.1 Å². The van der Waals surface area contributed by atoms with Crippen LogP contribution in [0.25, 0.3) is 0 Å². The van der Waals surface area contributed by atoms with Gasteiger partial charge in [-0.1, -0.05) is 6.07 Å². The fourth-order valence-corrected chi connectivity index (χ4v) is 2.49. The number of nitrogen functional groups attached to an aromatic ring is 1. The van der Waals surface area contributed by atoms with Gasteiger partial charge in [-0.3, -0.25) is 9.59 Å². The summed E-state index contributed by atoms with van der Waals surface area (Å²) in [7, 11) is 0. The number of carbonyl (C=O) groups excluding carboxylic acids is 2. The Balaban J connectivity index is 0.00000220. The van der Waals surface area contributed by atoms with Gasteiger partial charge in [-0.05, 0) is 37.5 Å². The summed E-state index contributed by atoms with van der Waals surface area (Å²) in [6.07, 6.45) is 1.69. The molecule has 5 nitrogen and oxygen atoms in total. The van der Waals surface area contributed by atoms with Crippen LogP contribution in [0.1, 0.15) is 25.3 Å². The first-order chi connectivity index (χ1) is 9.47. The molecule has 1 aromatic rings. The first-order valence-corrected chi connectivity index (χ1v) is 6.90. The van der Waals surface area contributed by atoms with Gasteiger partial charge in [0.2, 0.25) is 11.8 Å². The molecule has 1 fully saturated rings. The van der Waals surface area contributed by atoms with E-state index < -0.39 is 0 Å². The second-order valence-electron chi connectivity index (χ2n) is 5.37. The van der Waals surface area contributed by atoms with E-state index >= 15 is 0 Å². The molecule has 1 aromatic carbocycles. The van der Waals surface area contributed by atoms with Crippen molar-refractivity contribution in [3.8, 4) is 0 Å². The molecular weight excluding hydrogens is 290 g/mol. The highest BCUT2D eigenvalue weighted by Crippen LogP contribution is 2.22. The van der Waals surface area contributed by atoms with Crippen molar-refractivity contribution in [2.45, 2.75) is 26.7 Å². The van der Waals surface area contributed by atoms with Gasteiger partial charge in [-0.15, -0.1) is 12.4 Å². The highest BCUT2D eigenvalue weighted by atomic mass is 35.5. The predicted octanol–water partition coefficient (Wildman–Crippen LogP) is 2.20. The van der Waals surface area contributed by atoms with E-state index in [4.69, 9.17) is 5.73 Å². The molecule has 0 bridgehead atoms. The van der Waals surface area contributed by atoms with Crippen molar-refractivity contribution >= 4 is 35.6 Å². The number of aryl methyl sites for hydroxylation is 1. The summed E-state index contributed by atoms with van der Waals surface area (Å²) in [6.45, 7) is 4.72. The molecule has 1 aliphatic heterocycles. The molecule has 1 heterocycles. The van der Waals surface area contributed by atoms with Crippen LogP contribution in [0.2, 0.25) is 0 Å². The minimum atomic E-state index is -0.145. The van der Waals surface area contributed by atoms with E-state index in [0.29, 0.717) is 12.2 Å². The lowest BCUT2D eigenvalue weighted by atomic mass is 9.97. The number of anilines is 2. The molecule has 0 aromatic heterocycles. The Bertz CT molecular complexity index is 534. The average molecular weight is 312 g/mol. The smallest absolute Gasteiger partial charge is 0.229 e. The topological polar surface area (TPSA) is 75.4 Å². The van der Waals surface area contributed by atoms with E-state index in [1.807, 2.05) is 19.1 Å². The number of amides is 2. The fraction of sp³-hybridized carbons (Fsp3) is 0.467. The van der Waals surface area contributed by atoms with E-state index in [1.54, 1.807) is 17.9 Å². The van der Waals surface area contributed by atoms with Crippen LogP contribution in [-0.4, -0.2) is 29.8 Å². The van der Waals surface area contributed by atoms with Crippen molar-refractivity contribution in [2.75, 3.05) is 24.1 Å². The second kappa shape index (κ2) is 7.31. The second-order valence-corrected chi connectivity index (χ2v) is 5.37. The third-order valence-electron chi connectivity index (χ3n) is 3.76. The van der Waals surface area contributed by atoms with Crippen LogP contribution in [0.3, 0.4) is 0 Å². The van der Waals surface area contributed by atoms with Crippen LogP contribution in [0.15, 0.2) is 18.2 Å². The molecule has 3 N–H and O–H groups in total. The van der Waals surface area contributed by atoms with E-state index in [-0.39, 0.29) is 30.1 Å². The quantitative estimate of drug-likeness (QED) is 0.822. The number of hydrogen-bond donors (Lipinski definition) is 2. The summed E-state index contributed by atoms with van der Waals surface area (Å²) in [4.78, 5) is 25.4. The maximum Gasteiger partial charge on any atom is 0.229 e. The van der Waals surface area contributed by atoms with Crippen molar-refractivity contribution in [3.63, 3.8) is 0 Å². The summed E-state index contributed by atoms with van der Waals surface area (Å²) in [5, 5.41) is 2.92. The number of nitrogens with zero attached hydrogens (tertiary/aromatic N) is 1. The molecule has 1 unspecified atom stereocenters. The predicted molar refractivity (Wildman–Crippen MR) is 86.4 cm³/mol. The first-order valence-electron chi connectivity index (χ1n) is 6.90. The molecule has 2 rings (SSSR count). The lowest BCUT2D eigenvalue weighted by Gasteiger charge is -2.31. The molecular formula is C15H22ClN3O2. The molecule has 1 saturated heterocycles. The number of piperidine rings is 1. The third-order valence-corrected chi connectivity index (χ3v) is 3.76. The Hall–Kier alpha value is -1.75. The molecule has 0 aliphatic carbocycles. The largest absolute Gasteiger partial charge is 0.399 e. The summed E-state index contributed by atoms with van der Waals surface area (Å²) < 4.78 is 0. The third kappa shape index (κ3) is 4.36. The SMILES string of the molecule is CC(=O)N1CCCC(C(=O)Nc2cc(N)ccc2C)C1.Cl. The van der Waals surface area contributed by atoms with Crippen molar-refractivity contribution < 1.29 is 9.59 Å². The van der Waals surface area contributed by atoms with E-state index in [1.165, 1.54) is 0 Å². The zero-order valence-corrected chi connectivity index (χ0v) is 13.2. The van der Waals surface area contributed by atoms with Crippen molar-refractivity contribution in [1.82, 2.24) is 4.90 Å². The van der Waals surface area contributed by atoms with Gasteiger partial charge in [0.15, 0.2) is 0 Å². The van der Waals surface area contributed by atoms with Gasteiger partial charge < -0.3 is 16.0 Å². The van der Waals surface area contributed by atoms with Gasteiger partial charge in [-0.2, -0.15) is 0 Å². The van der Waals surface area contributed by atoms with E-state index in [2.05, 4.69) is 5.32 Å². The molecule has 0 radical (unpaired) electrons. The average Bonchev–Trinajstić information content (AvgIpc) is 2.43. The van der Waals surface area contributed by atoms with Crippen LogP contribution >= 0.6 is 12.4 Å². The minimum absolute atomic E-state index is 0. The molecule has 21 heavy (non-hydrogen) atoms. The van der Waals surface area contributed by atoms with Gasteiger partial charge >= 0.3 is 0 Å². The van der Waals surface area contributed by atoms with Crippen LogP contribution in [0, 0.1) is 12.8 Å². The monoisotopic (exact) mass is 311 g/mol. The zero-order chi connectivity index (χ0) is 14.7. The zero-order valence-electron chi connectivity index (χ0n) is 12.4. The van der Waals surface area contributed by atoms with E-state index in [0.717, 1.165) is 30.6 Å². The molecule has 1 aliphatic rings. The molecule has 0 spiro atoms. The van der Waals surface area contributed by atoms with Crippen LogP contribution in [-0.2, 0) is 9.59 Å². The normalized spacial score (nSPS) is 17.8. The Kier molecular flexibility index (Phi) is 6.03. The number of likely N-dealkylation sites (tertiary alicyclic amines) is 1. The highest BCUT2D eigenvalue weighted by molar-refractivity contribution is 5.94. The number of halogens is 1. The summed E-state index contributed by atoms with van der Waals surface area (Å²) >= 11 is 0. The number of nitrogens with one attached hydrogen (secondary N) is 1. The number of benzene rings is 1. The molecule has 1 atom stereocenters. The maximum atomic E-state index is 12.3. The number of hydrogen-bond acceptors (Lipinski definition) is 3. The van der Waals surface area contributed by atoms with Crippen molar-refractivity contribution in [3.05, 3.63) is 23.8 Å². The highest BCUT2D eigenvalue weighted by Gasteiger charge is 2.27. The summed E-state index contributed by atoms with van der Waals surface area (Å²) in [6, 6.07) is 5.45. The molecule has 116 valence electrons. The Morgan fingerprint density at radius 1 is 1.38 bits per heavy atom. The van der Waals surface area contributed by atoms with E-state index in [9.17, 15) is 9.59 Å².